The molecule has 3 rings (SSSR count). The van der Waals surface area contributed by atoms with Gasteiger partial charge in [-0.15, -0.1) is 10.2 Å². The molecule has 1 heterocycles. The standard InChI is InChI=1S/C15H20N6S/c1-11-6-8-12(9-7-11)10-22-15-20-19-14(21(15)16)18-17-13-4-2-3-5-13/h6-9H,2-5,10,16H2,1H3,(H,18,19). The fourth-order valence-electron chi connectivity index (χ4n) is 2.31. The minimum atomic E-state index is 0.478. The summed E-state index contributed by atoms with van der Waals surface area (Å²) in [6.07, 6.45) is 4.54. The Labute approximate surface area is 134 Å². The molecule has 1 fully saturated rings. The molecule has 0 atom stereocenters. The van der Waals surface area contributed by atoms with Gasteiger partial charge in [-0.1, -0.05) is 41.6 Å². The zero-order chi connectivity index (χ0) is 15.4. The van der Waals surface area contributed by atoms with E-state index in [-0.39, 0.29) is 0 Å². The molecule has 22 heavy (non-hydrogen) atoms. The maximum Gasteiger partial charge on any atom is 0.264 e. The van der Waals surface area contributed by atoms with Crippen LogP contribution in [0.25, 0.3) is 0 Å². The summed E-state index contributed by atoms with van der Waals surface area (Å²) in [5.41, 5.74) is 6.59. The van der Waals surface area contributed by atoms with Crippen molar-refractivity contribution in [3.05, 3.63) is 35.4 Å². The Hall–Kier alpha value is -2.02. The highest BCUT2D eigenvalue weighted by Crippen LogP contribution is 2.22. The van der Waals surface area contributed by atoms with E-state index in [4.69, 9.17) is 5.84 Å². The molecule has 0 spiro atoms. The maximum atomic E-state index is 6.02. The molecule has 3 N–H and O–H groups in total. The number of thioether (sulfide) groups is 1. The number of nitrogen functional groups attached to an aromatic ring is 1. The molecule has 0 saturated heterocycles. The lowest BCUT2D eigenvalue weighted by Crippen LogP contribution is -2.13. The van der Waals surface area contributed by atoms with Gasteiger partial charge in [-0.25, -0.2) is 10.1 Å². The van der Waals surface area contributed by atoms with Gasteiger partial charge in [-0.2, -0.15) is 5.10 Å². The predicted molar refractivity (Wildman–Crippen MR) is 90.4 cm³/mol. The van der Waals surface area contributed by atoms with Crippen molar-refractivity contribution < 1.29 is 0 Å². The van der Waals surface area contributed by atoms with Crippen LogP contribution in [0.5, 0.6) is 0 Å². The molecule has 1 aliphatic rings. The largest absolute Gasteiger partial charge is 0.334 e. The van der Waals surface area contributed by atoms with Crippen LogP contribution in [0.2, 0.25) is 0 Å². The first kappa shape index (κ1) is 14.9. The summed E-state index contributed by atoms with van der Waals surface area (Å²) >= 11 is 1.56. The van der Waals surface area contributed by atoms with Gasteiger partial charge < -0.3 is 5.84 Å². The van der Waals surface area contributed by atoms with Crippen LogP contribution < -0.4 is 11.3 Å². The fourth-order valence-corrected chi connectivity index (χ4v) is 3.12. The van der Waals surface area contributed by atoms with Crippen LogP contribution in [-0.4, -0.2) is 20.6 Å². The number of nitrogens with two attached hydrogens (primary N) is 1. The van der Waals surface area contributed by atoms with Crippen molar-refractivity contribution in [1.29, 1.82) is 0 Å². The summed E-state index contributed by atoms with van der Waals surface area (Å²) in [5.74, 6) is 7.30. The maximum absolute atomic E-state index is 6.02. The van der Waals surface area contributed by atoms with Crippen molar-refractivity contribution in [2.45, 2.75) is 43.5 Å². The van der Waals surface area contributed by atoms with Crippen molar-refractivity contribution in [3.63, 3.8) is 0 Å². The number of nitrogens with one attached hydrogen (secondary N) is 1. The predicted octanol–water partition coefficient (Wildman–Crippen LogP) is 2.93. The second kappa shape index (κ2) is 6.83. The number of hydrogen-bond acceptors (Lipinski definition) is 6. The molecule has 116 valence electrons. The van der Waals surface area contributed by atoms with Gasteiger partial charge in [-0.05, 0) is 38.2 Å². The average Bonchev–Trinajstić information content (AvgIpc) is 3.15. The lowest BCUT2D eigenvalue weighted by atomic mass is 10.2. The number of hydrazone groups is 1. The Balaban J connectivity index is 1.60. The van der Waals surface area contributed by atoms with E-state index in [9.17, 15) is 0 Å². The molecule has 6 nitrogen and oxygen atoms in total. The number of aryl methyl sites for hydroxylation is 1. The van der Waals surface area contributed by atoms with Crippen molar-refractivity contribution in [3.8, 4) is 0 Å². The third kappa shape index (κ3) is 3.59. The van der Waals surface area contributed by atoms with E-state index in [1.54, 1.807) is 11.8 Å². The van der Waals surface area contributed by atoms with Crippen molar-refractivity contribution >= 4 is 23.4 Å². The van der Waals surface area contributed by atoms with Gasteiger partial charge in [0.25, 0.3) is 5.95 Å². The van der Waals surface area contributed by atoms with Gasteiger partial charge in [0.15, 0.2) is 0 Å². The van der Waals surface area contributed by atoms with Crippen LogP contribution in [0.4, 0.5) is 5.95 Å². The van der Waals surface area contributed by atoms with Gasteiger partial charge in [0, 0.05) is 11.5 Å². The number of anilines is 1. The lowest BCUT2D eigenvalue weighted by molar-refractivity contribution is 0.846. The Bertz CT molecular complexity index is 653. The average molecular weight is 316 g/mol. The molecule has 0 aliphatic heterocycles. The molecular weight excluding hydrogens is 296 g/mol. The van der Waals surface area contributed by atoms with Crippen molar-refractivity contribution in [2.24, 2.45) is 5.10 Å². The van der Waals surface area contributed by atoms with E-state index in [1.807, 2.05) is 0 Å². The molecule has 2 aromatic rings. The quantitative estimate of drug-likeness (QED) is 0.503. The summed E-state index contributed by atoms with van der Waals surface area (Å²) < 4.78 is 1.46. The normalized spacial score (nSPS) is 14.3. The first-order chi connectivity index (χ1) is 10.7. The first-order valence-electron chi connectivity index (χ1n) is 7.42. The number of benzene rings is 1. The van der Waals surface area contributed by atoms with E-state index in [1.165, 1.54) is 34.4 Å². The highest BCUT2D eigenvalue weighted by molar-refractivity contribution is 7.98. The number of aromatic nitrogens is 3. The zero-order valence-corrected chi connectivity index (χ0v) is 13.4. The van der Waals surface area contributed by atoms with Crippen LogP contribution in [0, 0.1) is 6.92 Å². The van der Waals surface area contributed by atoms with E-state index in [0.717, 1.165) is 18.6 Å². The van der Waals surface area contributed by atoms with Crippen molar-refractivity contribution in [1.82, 2.24) is 14.9 Å². The van der Waals surface area contributed by atoms with Crippen molar-refractivity contribution in [2.75, 3.05) is 11.3 Å². The van der Waals surface area contributed by atoms with Gasteiger partial charge in [-0.3, -0.25) is 0 Å². The summed E-state index contributed by atoms with van der Waals surface area (Å²) in [6.45, 7) is 2.08. The second-order valence-electron chi connectivity index (χ2n) is 5.45. The number of hydrogen-bond donors (Lipinski definition) is 2. The van der Waals surface area contributed by atoms with Crippen LogP contribution in [-0.2, 0) is 5.75 Å². The van der Waals surface area contributed by atoms with E-state index in [2.05, 4.69) is 51.9 Å². The minimum absolute atomic E-state index is 0.478. The van der Waals surface area contributed by atoms with Gasteiger partial charge >= 0.3 is 0 Å². The smallest absolute Gasteiger partial charge is 0.264 e. The van der Waals surface area contributed by atoms with E-state index >= 15 is 0 Å². The zero-order valence-electron chi connectivity index (χ0n) is 12.6. The Morgan fingerprint density at radius 1 is 1.23 bits per heavy atom. The Morgan fingerprint density at radius 3 is 2.68 bits per heavy atom. The number of rotatable bonds is 5. The minimum Gasteiger partial charge on any atom is -0.334 e. The molecule has 0 unspecified atom stereocenters. The second-order valence-corrected chi connectivity index (χ2v) is 6.39. The summed E-state index contributed by atoms with van der Waals surface area (Å²) in [5, 5.41) is 13.2. The molecule has 0 bridgehead atoms. The molecule has 0 radical (unpaired) electrons. The van der Waals surface area contributed by atoms with Gasteiger partial charge in [0.1, 0.15) is 0 Å². The van der Waals surface area contributed by atoms with Crippen LogP contribution in [0.15, 0.2) is 34.5 Å². The molecule has 1 aromatic heterocycles. The molecular formula is C15H20N6S. The molecule has 0 amide bonds. The van der Waals surface area contributed by atoms with Crippen LogP contribution in [0.3, 0.4) is 0 Å². The Morgan fingerprint density at radius 2 is 1.95 bits per heavy atom. The van der Waals surface area contributed by atoms with Gasteiger partial charge in [0.05, 0.1) is 0 Å². The lowest BCUT2D eigenvalue weighted by Gasteiger charge is -2.04. The third-order valence-electron chi connectivity index (χ3n) is 3.65. The molecule has 1 aliphatic carbocycles. The topological polar surface area (TPSA) is 81.1 Å². The van der Waals surface area contributed by atoms with E-state index in [0.29, 0.717) is 11.1 Å². The van der Waals surface area contributed by atoms with Gasteiger partial charge in [0.2, 0.25) is 5.16 Å². The first-order valence-corrected chi connectivity index (χ1v) is 8.41. The monoisotopic (exact) mass is 316 g/mol. The summed E-state index contributed by atoms with van der Waals surface area (Å²) in [4.78, 5) is 0. The van der Waals surface area contributed by atoms with Crippen LogP contribution >= 0.6 is 11.8 Å². The van der Waals surface area contributed by atoms with Crippen LogP contribution in [0.1, 0.15) is 36.8 Å². The summed E-state index contributed by atoms with van der Waals surface area (Å²) in [6, 6.07) is 8.44. The molecule has 1 aromatic carbocycles. The number of nitrogens with zero attached hydrogens (tertiary/aromatic N) is 4. The van der Waals surface area contributed by atoms with E-state index < -0.39 is 0 Å². The SMILES string of the molecule is Cc1ccc(CSc2nnc(NN=C3CCCC3)n2N)cc1. The highest BCUT2D eigenvalue weighted by atomic mass is 32.2. The summed E-state index contributed by atoms with van der Waals surface area (Å²) in [7, 11) is 0. The molecule has 1 saturated carbocycles. The highest BCUT2D eigenvalue weighted by Gasteiger charge is 2.12. The molecule has 7 heteroatoms. The Kier molecular flexibility index (Phi) is 4.62. The fraction of sp³-hybridized carbons (Fsp3) is 0.400. The third-order valence-corrected chi connectivity index (χ3v) is 4.66.